The molecule has 0 heterocycles. The summed E-state index contributed by atoms with van der Waals surface area (Å²) in [7, 11) is 0. The van der Waals surface area contributed by atoms with Crippen molar-refractivity contribution >= 4 is 15.9 Å². The van der Waals surface area contributed by atoms with Gasteiger partial charge in [0.25, 0.3) is 0 Å². The van der Waals surface area contributed by atoms with E-state index in [2.05, 4.69) is 65.5 Å². The second-order valence-electron chi connectivity index (χ2n) is 4.33. The molecule has 1 rings (SSSR count). The second-order valence-corrected chi connectivity index (χ2v) is 5.13. The quantitative estimate of drug-likeness (QED) is 0.785. The smallest absolute Gasteiger partial charge is 0.0249 e. The van der Waals surface area contributed by atoms with E-state index in [0.717, 1.165) is 19.6 Å². The molecule has 0 unspecified atom stereocenters. The molecule has 0 saturated heterocycles. The van der Waals surface area contributed by atoms with Crippen molar-refractivity contribution in [1.29, 1.82) is 0 Å². The lowest BCUT2D eigenvalue weighted by molar-refractivity contribution is 0.555. The van der Waals surface area contributed by atoms with E-state index >= 15 is 0 Å². The van der Waals surface area contributed by atoms with Crippen molar-refractivity contribution in [1.82, 2.24) is 10.6 Å². The van der Waals surface area contributed by atoms with Gasteiger partial charge < -0.3 is 10.6 Å². The van der Waals surface area contributed by atoms with Gasteiger partial charge in [-0.1, -0.05) is 48.0 Å². The molecule has 0 aromatic heterocycles. The van der Waals surface area contributed by atoms with Crippen molar-refractivity contribution in [2.24, 2.45) is 0 Å². The molecule has 0 aliphatic rings. The fourth-order valence-electron chi connectivity index (χ4n) is 1.52. The summed E-state index contributed by atoms with van der Waals surface area (Å²) in [5.74, 6) is 0. The molecule has 1 aromatic rings. The van der Waals surface area contributed by atoms with Gasteiger partial charge in [-0.05, 0) is 18.1 Å². The largest absolute Gasteiger partial charge is 0.313 e. The summed E-state index contributed by atoms with van der Waals surface area (Å²) in [6.07, 6.45) is 0. The first-order valence-corrected chi connectivity index (χ1v) is 6.58. The van der Waals surface area contributed by atoms with Crippen LogP contribution in [-0.2, 0) is 6.54 Å². The van der Waals surface area contributed by atoms with Crippen molar-refractivity contribution in [2.45, 2.75) is 33.4 Å². The first-order chi connectivity index (χ1) is 7.61. The van der Waals surface area contributed by atoms with E-state index in [-0.39, 0.29) is 0 Å². The molecular weight excluding hydrogens is 264 g/mol. The minimum Gasteiger partial charge on any atom is -0.313 e. The average Bonchev–Trinajstić information content (AvgIpc) is 2.23. The standard InChI is InChI=1S/C13H21BrN2/c1-10(2)16-8-7-15-9-12-6-4-5-11(3)13(12)14/h4-6,10,15-16H,7-9H2,1-3H3. The fourth-order valence-corrected chi connectivity index (χ4v) is 1.92. The van der Waals surface area contributed by atoms with E-state index in [4.69, 9.17) is 0 Å². The highest BCUT2D eigenvalue weighted by Gasteiger charge is 2.01. The average molecular weight is 285 g/mol. The van der Waals surface area contributed by atoms with Gasteiger partial charge in [0.05, 0.1) is 0 Å². The molecular formula is C13H21BrN2. The highest BCUT2D eigenvalue weighted by Crippen LogP contribution is 2.20. The lowest BCUT2D eigenvalue weighted by Gasteiger charge is -2.10. The maximum atomic E-state index is 3.62. The van der Waals surface area contributed by atoms with Gasteiger partial charge in [-0.3, -0.25) is 0 Å². The molecule has 2 nitrogen and oxygen atoms in total. The Balaban J connectivity index is 2.29. The van der Waals surface area contributed by atoms with Crippen LogP contribution in [0.2, 0.25) is 0 Å². The predicted octanol–water partition coefficient (Wildman–Crippen LogP) is 2.85. The van der Waals surface area contributed by atoms with Crippen LogP contribution >= 0.6 is 15.9 Å². The Labute approximate surface area is 107 Å². The Bertz CT molecular complexity index is 324. The fraction of sp³-hybridized carbons (Fsp3) is 0.538. The molecule has 0 aliphatic carbocycles. The minimum atomic E-state index is 0.563. The van der Waals surface area contributed by atoms with Crippen LogP contribution in [0.3, 0.4) is 0 Å². The third-order valence-corrected chi connectivity index (χ3v) is 3.58. The van der Waals surface area contributed by atoms with Gasteiger partial charge in [0.2, 0.25) is 0 Å². The van der Waals surface area contributed by atoms with Crippen molar-refractivity contribution < 1.29 is 0 Å². The molecule has 1 aromatic carbocycles. The monoisotopic (exact) mass is 284 g/mol. The van der Waals surface area contributed by atoms with Crippen LogP contribution in [-0.4, -0.2) is 19.1 Å². The molecule has 0 saturated carbocycles. The zero-order valence-electron chi connectivity index (χ0n) is 10.3. The molecule has 0 amide bonds. The van der Waals surface area contributed by atoms with Gasteiger partial charge in [-0.25, -0.2) is 0 Å². The Hall–Kier alpha value is -0.380. The van der Waals surface area contributed by atoms with Gasteiger partial charge in [-0.15, -0.1) is 0 Å². The number of aryl methyl sites for hydroxylation is 1. The number of rotatable bonds is 6. The molecule has 16 heavy (non-hydrogen) atoms. The van der Waals surface area contributed by atoms with Crippen LogP contribution in [0.4, 0.5) is 0 Å². The van der Waals surface area contributed by atoms with Gasteiger partial charge in [-0.2, -0.15) is 0 Å². The highest BCUT2D eigenvalue weighted by atomic mass is 79.9. The van der Waals surface area contributed by atoms with Gasteiger partial charge in [0.1, 0.15) is 0 Å². The zero-order chi connectivity index (χ0) is 12.0. The first-order valence-electron chi connectivity index (χ1n) is 5.79. The van der Waals surface area contributed by atoms with Crippen molar-refractivity contribution in [3.05, 3.63) is 33.8 Å². The predicted molar refractivity (Wildman–Crippen MR) is 73.7 cm³/mol. The Morgan fingerprint density at radius 3 is 2.69 bits per heavy atom. The zero-order valence-corrected chi connectivity index (χ0v) is 11.9. The van der Waals surface area contributed by atoms with Crippen molar-refractivity contribution in [2.75, 3.05) is 13.1 Å². The lowest BCUT2D eigenvalue weighted by Crippen LogP contribution is -2.31. The van der Waals surface area contributed by atoms with Crippen LogP contribution in [0.25, 0.3) is 0 Å². The number of hydrogen-bond acceptors (Lipinski definition) is 2. The van der Waals surface area contributed by atoms with E-state index < -0.39 is 0 Å². The number of nitrogens with one attached hydrogen (secondary N) is 2. The van der Waals surface area contributed by atoms with Crippen molar-refractivity contribution in [3.8, 4) is 0 Å². The summed E-state index contributed by atoms with van der Waals surface area (Å²) in [4.78, 5) is 0. The normalized spacial score (nSPS) is 11.1. The van der Waals surface area contributed by atoms with E-state index in [9.17, 15) is 0 Å². The van der Waals surface area contributed by atoms with Crippen molar-refractivity contribution in [3.63, 3.8) is 0 Å². The molecule has 0 fully saturated rings. The summed E-state index contributed by atoms with van der Waals surface area (Å²) >= 11 is 3.62. The van der Waals surface area contributed by atoms with E-state index in [1.54, 1.807) is 0 Å². The number of halogens is 1. The molecule has 3 heteroatoms. The molecule has 0 spiro atoms. The third kappa shape index (κ3) is 4.64. The molecule has 0 radical (unpaired) electrons. The molecule has 0 aliphatic heterocycles. The van der Waals surface area contributed by atoms with Crippen LogP contribution in [0, 0.1) is 6.92 Å². The molecule has 0 bridgehead atoms. The summed E-state index contributed by atoms with van der Waals surface area (Å²) in [5.41, 5.74) is 2.61. The lowest BCUT2D eigenvalue weighted by atomic mass is 10.1. The molecule has 2 N–H and O–H groups in total. The molecule has 0 atom stereocenters. The summed E-state index contributed by atoms with van der Waals surface area (Å²) in [6, 6.07) is 6.93. The van der Waals surface area contributed by atoms with Gasteiger partial charge in [0, 0.05) is 30.1 Å². The Morgan fingerprint density at radius 2 is 2.00 bits per heavy atom. The minimum absolute atomic E-state index is 0.563. The van der Waals surface area contributed by atoms with Gasteiger partial charge in [0.15, 0.2) is 0 Å². The van der Waals surface area contributed by atoms with Crippen LogP contribution in [0.5, 0.6) is 0 Å². The topological polar surface area (TPSA) is 24.1 Å². The van der Waals surface area contributed by atoms with Gasteiger partial charge >= 0.3 is 0 Å². The van der Waals surface area contributed by atoms with E-state index in [1.807, 2.05) is 0 Å². The summed E-state index contributed by atoms with van der Waals surface area (Å²) in [5, 5.41) is 6.82. The summed E-state index contributed by atoms with van der Waals surface area (Å²) in [6.45, 7) is 9.38. The van der Waals surface area contributed by atoms with E-state index in [1.165, 1.54) is 15.6 Å². The first kappa shape index (κ1) is 13.7. The molecule has 90 valence electrons. The van der Waals surface area contributed by atoms with Crippen LogP contribution < -0.4 is 10.6 Å². The maximum absolute atomic E-state index is 3.62. The maximum Gasteiger partial charge on any atom is 0.0249 e. The Morgan fingerprint density at radius 1 is 1.25 bits per heavy atom. The van der Waals surface area contributed by atoms with Crippen LogP contribution in [0.15, 0.2) is 22.7 Å². The number of benzene rings is 1. The number of hydrogen-bond donors (Lipinski definition) is 2. The highest BCUT2D eigenvalue weighted by molar-refractivity contribution is 9.10. The van der Waals surface area contributed by atoms with Crippen LogP contribution in [0.1, 0.15) is 25.0 Å². The van der Waals surface area contributed by atoms with E-state index in [0.29, 0.717) is 6.04 Å². The summed E-state index contributed by atoms with van der Waals surface area (Å²) < 4.78 is 1.22. The second kappa shape index (κ2) is 7.05. The Kier molecular flexibility index (Phi) is 6.03. The SMILES string of the molecule is Cc1cccc(CNCCNC(C)C)c1Br. The third-order valence-electron chi connectivity index (χ3n) is 2.44.